The van der Waals surface area contributed by atoms with E-state index in [1.807, 2.05) is 37.3 Å². The van der Waals surface area contributed by atoms with E-state index in [2.05, 4.69) is 5.32 Å². The third-order valence-corrected chi connectivity index (χ3v) is 4.48. The first-order valence-corrected chi connectivity index (χ1v) is 7.31. The number of nitrogens with zero attached hydrogens (tertiary/aromatic N) is 1. The van der Waals surface area contributed by atoms with Gasteiger partial charge in [-0.05, 0) is 25.8 Å². The zero-order valence-electron chi connectivity index (χ0n) is 12.3. The molecule has 1 N–H and O–H groups in total. The van der Waals surface area contributed by atoms with Gasteiger partial charge in [0, 0.05) is 6.61 Å². The van der Waals surface area contributed by atoms with E-state index in [4.69, 9.17) is 4.74 Å². The molecule has 0 aromatic heterocycles. The van der Waals surface area contributed by atoms with Crippen molar-refractivity contribution in [3.05, 3.63) is 35.9 Å². The van der Waals surface area contributed by atoms with Gasteiger partial charge in [0.2, 0.25) is 5.91 Å². The van der Waals surface area contributed by atoms with Crippen LogP contribution in [-0.2, 0) is 19.9 Å². The summed E-state index contributed by atoms with van der Waals surface area (Å²) in [7, 11) is 0. The summed E-state index contributed by atoms with van der Waals surface area (Å²) in [4.78, 5) is 26.8. The van der Waals surface area contributed by atoms with E-state index in [1.54, 1.807) is 11.8 Å². The van der Waals surface area contributed by atoms with E-state index in [1.165, 1.54) is 0 Å². The lowest BCUT2D eigenvalue weighted by Crippen LogP contribution is -2.66. The minimum absolute atomic E-state index is 0.0217. The highest BCUT2D eigenvalue weighted by atomic mass is 16.5. The predicted molar refractivity (Wildman–Crippen MR) is 77.5 cm³/mol. The number of rotatable bonds is 2. The number of benzene rings is 1. The lowest BCUT2D eigenvalue weighted by Gasteiger charge is -2.43. The zero-order valence-corrected chi connectivity index (χ0v) is 12.3. The minimum atomic E-state index is -1.00. The smallest absolute Gasteiger partial charge is 0.253 e. The second kappa shape index (κ2) is 5.15. The van der Waals surface area contributed by atoms with Gasteiger partial charge in [0.1, 0.15) is 12.1 Å². The first-order chi connectivity index (χ1) is 10.0. The largest absolute Gasteiger partial charge is 0.376 e. The molecule has 2 saturated heterocycles. The van der Waals surface area contributed by atoms with E-state index >= 15 is 0 Å². The molecule has 0 saturated carbocycles. The molecule has 2 aliphatic rings. The van der Waals surface area contributed by atoms with Crippen molar-refractivity contribution in [1.29, 1.82) is 0 Å². The third-order valence-electron chi connectivity index (χ3n) is 4.48. The quantitative estimate of drug-likeness (QED) is 0.884. The molecule has 2 amide bonds. The predicted octanol–water partition coefficient (Wildman–Crippen LogP) is 1.04. The summed E-state index contributed by atoms with van der Waals surface area (Å²) < 4.78 is 5.55. The molecule has 2 heterocycles. The maximum atomic E-state index is 13.0. The van der Waals surface area contributed by atoms with Crippen molar-refractivity contribution < 1.29 is 14.3 Å². The van der Waals surface area contributed by atoms with Gasteiger partial charge in [-0.25, -0.2) is 0 Å². The Morgan fingerprint density at radius 3 is 2.62 bits per heavy atom. The first kappa shape index (κ1) is 14.1. The summed E-state index contributed by atoms with van der Waals surface area (Å²) >= 11 is 0. The molecule has 0 bridgehead atoms. The highest BCUT2D eigenvalue weighted by Crippen LogP contribution is 2.30. The number of ether oxygens (including phenoxy) is 1. The van der Waals surface area contributed by atoms with Gasteiger partial charge < -0.3 is 15.0 Å². The molecule has 112 valence electrons. The molecule has 0 radical (unpaired) electrons. The first-order valence-electron chi connectivity index (χ1n) is 7.31. The van der Waals surface area contributed by atoms with Gasteiger partial charge in [0.25, 0.3) is 5.91 Å². The highest BCUT2D eigenvalue weighted by molar-refractivity contribution is 5.98. The Morgan fingerprint density at radius 2 is 2.00 bits per heavy atom. The van der Waals surface area contributed by atoms with E-state index in [0.717, 1.165) is 12.0 Å². The van der Waals surface area contributed by atoms with Crippen LogP contribution in [0.2, 0.25) is 0 Å². The summed E-state index contributed by atoms with van der Waals surface area (Å²) in [6.45, 7) is 4.48. The van der Waals surface area contributed by atoms with Crippen molar-refractivity contribution in [2.75, 3.05) is 13.2 Å². The number of hydrogen-bond donors (Lipinski definition) is 1. The van der Waals surface area contributed by atoms with Crippen molar-refractivity contribution in [2.24, 2.45) is 0 Å². The van der Waals surface area contributed by atoms with Gasteiger partial charge >= 0.3 is 0 Å². The SMILES string of the molecule is CC1OCCC1N1CC(=O)NC(C)(c2ccccc2)C1=O. The number of nitrogens with one attached hydrogen (secondary N) is 1. The molecule has 2 fully saturated rings. The average molecular weight is 288 g/mol. The number of piperazine rings is 1. The van der Waals surface area contributed by atoms with Crippen LogP contribution in [0.4, 0.5) is 0 Å². The molecule has 5 nitrogen and oxygen atoms in total. The zero-order chi connectivity index (χ0) is 15.0. The Bertz CT molecular complexity index is 560. The topological polar surface area (TPSA) is 58.6 Å². The molecular weight excluding hydrogens is 268 g/mol. The van der Waals surface area contributed by atoms with Crippen LogP contribution in [0.1, 0.15) is 25.8 Å². The molecule has 3 atom stereocenters. The molecule has 3 rings (SSSR count). The maximum Gasteiger partial charge on any atom is 0.253 e. The highest BCUT2D eigenvalue weighted by Gasteiger charge is 2.48. The van der Waals surface area contributed by atoms with Crippen LogP contribution in [-0.4, -0.2) is 42.0 Å². The molecule has 2 aliphatic heterocycles. The van der Waals surface area contributed by atoms with E-state index in [0.29, 0.717) is 6.61 Å². The fraction of sp³-hybridized carbons (Fsp3) is 0.500. The van der Waals surface area contributed by atoms with Crippen molar-refractivity contribution in [3.8, 4) is 0 Å². The van der Waals surface area contributed by atoms with E-state index in [9.17, 15) is 9.59 Å². The molecule has 0 aliphatic carbocycles. The normalized spacial score (nSPS) is 33.1. The lowest BCUT2D eigenvalue weighted by atomic mass is 9.87. The van der Waals surface area contributed by atoms with Crippen LogP contribution in [0.5, 0.6) is 0 Å². The maximum absolute atomic E-state index is 13.0. The van der Waals surface area contributed by atoms with Crippen molar-refractivity contribution in [1.82, 2.24) is 10.2 Å². The van der Waals surface area contributed by atoms with Crippen LogP contribution in [0, 0.1) is 0 Å². The summed E-state index contributed by atoms with van der Waals surface area (Å²) in [5, 5.41) is 2.86. The van der Waals surface area contributed by atoms with E-state index in [-0.39, 0.29) is 30.5 Å². The molecule has 0 spiro atoms. The van der Waals surface area contributed by atoms with Crippen LogP contribution < -0.4 is 5.32 Å². The fourth-order valence-electron chi connectivity index (χ4n) is 3.25. The summed E-state index contributed by atoms with van der Waals surface area (Å²) in [5.41, 5.74) is -0.196. The van der Waals surface area contributed by atoms with Gasteiger partial charge in [-0.15, -0.1) is 0 Å². The van der Waals surface area contributed by atoms with Crippen molar-refractivity contribution >= 4 is 11.8 Å². The molecular formula is C16H20N2O3. The van der Waals surface area contributed by atoms with Crippen LogP contribution >= 0.6 is 0 Å². The average Bonchev–Trinajstić information content (AvgIpc) is 2.90. The Kier molecular flexibility index (Phi) is 3.45. The molecule has 1 aromatic carbocycles. The molecule has 1 aromatic rings. The van der Waals surface area contributed by atoms with Crippen molar-refractivity contribution in [3.63, 3.8) is 0 Å². The summed E-state index contributed by atoms with van der Waals surface area (Å²) in [6.07, 6.45) is 0.755. The van der Waals surface area contributed by atoms with Gasteiger partial charge in [0.15, 0.2) is 0 Å². The van der Waals surface area contributed by atoms with Crippen LogP contribution in [0.15, 0.2) is 30.3 Å². The Balaban J connectivity index is 1.95. The van der Waals surface area contributed by atoms with Gasteiger partial charge in [-0.2, -0.15) is 0 Å². The molecule has 5 heteroatoms. The van der Waals surface area contributed by atoms with Gasteiger partial charge in [-0.3, -0.25) is 9.59 Å². The van der Waals surface area contributed by atoms with E-state index < -0.39 is 5.54 Å². The summed E-state index contributed by atoms with van der Waals surface area (Å²) in [6, 6.07) is 9.37. The second-order valence-electron chi connectivity index (χ2n) is 5.90. The van der Waals surface area contributed by atoms with Gasteiger partial charge in [-0.1, -0.05) is 30.3 Å². The number of hydrogen-bond acceptors (Lipinski definition) is 3. The molecule has 3 unspecified atom stereocenters. The van der Waals surface area contributed by atoms with Crippen LogP contribution in [0.3, 0.4) is 0 Å². The Morgan fingerprint density at radius 1 is 1.29 bits per heavy atom. The van der Waals surface area contributed by atoms with Crippen LogP contribution in [0.25, 0.3) is 0 Å². The number of carbonyl (C=O) groups is 2. The standard InChI is InChI=1S/C16H20N2O3/c1-11-13(8-9-21-11)18-10-14(19)17-16(2,15(18)20)12-6-4-3-5-7-12/h3-7,11,13H,8-10H2,1-2H3,(H,17,19). The fourth-order valence-corrected chi connectivity index (χ4v) is 3.25. The summed E-state index contributed by atoms with van der Waals surface area (Å²) in [5.74, 6) is -0.185. The minimum Gasteiger partial charge on any atom is -0.376 e. The second-order valence-corrected chi connectivity index (χ2v) is 5.90. The Labute approximate surface area is 124 Å². The van der Waals surface area contributed by atoms with Gasteiger partial charge in [0.05, 0.1) is 12.1 Å². The monoisotopic (exact) mass is 288 g/mol. The molecule has 21 heavy (non-hydrogen) atoms. The Hall–Kier alpha value is -1.88. The number of carbonyl (C=O) groups excluding carboxylic acids is 2. The van der Waals surface area contributed by atoms with Crippen molar-refractivity contribution in [2.45, 2.75) is 38.0 Å². The number of amides is 2. The third kappa shape index (κ3) is 2.31. The lowest BCUT2D eigenvalue weighted by molar-refractivity contribution is -0.153.